The van der Waals surface area contributed by atoms with Gasteiger partial charge in [-0.05, 0) is 0 Å². The van der Waals surface area contributed by atoms with Crippen LogP contribution in [0.3, 0.4) is 0 Å². The van der Waals surface area contributed by atoms with Crippen LogP contribution in [0.5, 0.6) is 0 Å². The van der Waals surface area contributed by atoms with Gasteiger partial charge in [0.25, 0.3) is 10.1 Å². The molecule has 1 atom stereocenters. The topological polar surface area (TPSA) is 103 Å². The number of nitrogens with two attached hydrogens (primary N) is 1. The second-order valence-electron chi connectivity index (χ2n) is 3.77. The Morgan fingerprint density at radius 2 is 2.31 bits per heavy atom. The molecule has 1 saturated heterocycles. The smallest absolute Gasteiger partial charge is 0.264 e. The average Bonchev–Trinajstić information content (AvgIpc) is 2.59. The van der Waals surface area contributed by atoms with Crippen molar-refractivity contribution in [2.75, 3.05) is 39.6 Å². The highest BCUT2D eigenvalue weighted by atomic mass is 32.2. The molecule has 0 saturated carbocycles. The van der Waals surface area contributed by atoms with E-state index in [-0.39, 0.29) is 13.2 Å². The van der Waals surface area contributed by atoms with Gasteiger partial charge in [0, 0.05) is 19.6 Å². The van der Waals surface area contributed by atoms with Gasteiger partial charge < -0.3 is 15.9 Å². The Kier molecular flexibility index (Phi) is 4.25. The maximum atomic E-state index is 11.0. The van der Waals surface area contributed by atoms with E-state index in [1.54, 1.807) is 0 Å². The van der Waals surface area contributed by atoms with E-state index in [9.17, 15) is 8.42 Å². The van der Waals surface area contributed by atoms with E-state index >= 15 is 0 Å². The fourth-order valence-electron chi connectivity index (χ4n) is 1.55. The third-order valence-corrected chi connectivity index (χ3v) is 3.06. The van der Waals surface area contributed by atoms with Crippen LogP contribution in [0.1, 0.15) is 0 Å². The summed E-state index contributed by atoms with van der Waals surface area (Å²) in [6, 6.07) is 0. The third-order valence-electron chi connectivity index (χ3n) is 2.51. The molecule has 1 aliphatic heterocycles. The van der Waals surface area contributed by atoms with Crippen LogP contribution in [0.25, 0.3) is 0 Å². The van der Waals surface area contributed by atoms with Crippen molar-refractivity contribution in [1.29, 1.82) is 0 Å². The number of oxime groups is 1. The Balaban J connectivity index is 2.80. The van der Waals surface area contributed by atoms with Gasteiger partial charge in [-0.2, -0.15) is 8.42 Å². The summed E-state index contributed by atoms with van der Waals surface area (Å²) >= 11 is 0. The Labute approximate surface area is 95.1 Å². The van der Waals surface area contributed by atoms with Crippen LogP contribution in [0.4, 0.5) is 0 Å². The minimum absolute atomic E-state index is 0.0163. The van der Waals surface area contributed by atoms with Gasteiger partial charge in [-0.25, -0.2) is 0 Å². The van der Waals surface area contributed by atoms with Gasteiger partial charge in [0.05, 0.1) is 24.0 Å². The fourth-order valence-corrected chi connectivity index (χ4v) is 1.99. The molecule has 0 bridgehead atoms. The maximum absolute atomic E-state index is 11.0. The SMILES string of the molecule is CON=C1CNCC1(CN)COS(C)(=O)=O. The van der Waals surface area contributed by atoms with Crippen molar-refractivity contribution in [2.45, 2.75) is 0 Å². The summed E-state index contributed by atoms with van der Waals surface area (Å²) in [6.07, 6.45) is 1.01. The largest absolute Gasteiger partial charge is 0.399 e. The molecule has 1 unspecified atom stereocenters. The van der Waals surface area contributed by atoms with E-state index < -0.39 is 15.5 Å². The molecule has 1 heterocycles. The van der Waals surface area contributed by atoms with Crippen LogP contribution < -0.4 is 11.1 Å². The molecule has 94 valence electrons. The Morgan fingerprint density at radius 1 is 1.62 bits per heavy atom. The minimum atomic E-state index is -3.48. The lowest BCUT2D eigenvalue weighted by molar-refractivity contribution is 0.194. The maximum Gasteiger partial charge on any atom is 0.264 e. The van der Waals surface area contributed by atoms with Crippen molar-refractivity contribution in [3.8, 4) is 0 Å². The van der Waals surface area contributed by atoms with Crippen molar-refractivity contribution in [3.63, 3.8) is 0 Å². The summed E-state index contributed by atoms with van der Waals surface area (Å²) in [4.78, 5) is 4.70. The standard InChI is InChI=1S/C8H17N3O4S/c1-14-11-7-3-10-5-8(7,4-9)6-15-16(2,12)13/h10H,3-6,9H2,1-2H3. The van der Waals surface area contributed by atoms with E-state index in [1.807, 2.05) is 0 Å². The first-order valence-corrected chi connectivity index (χ1v) is 6.61. The lowest BCUT2D eigenvalue weighted by Gasteiger charge is -2.25. The first-order chi connectivity index (χ1) is 7.43. The summed E-state index contributed by atoms with van der Waals surface area (Å²) < 4.78 is 26.7. The molecule has 0 spiro atoms. The molecule has 8 heteroatoms. The highest BCUT2D eigenvalue weighted by Crippen LogP contribution is 2.23. The molecule has 0 radical (unpaired) electrons. The van der Waals surface area contributed by atoms with Crippen LogP contribution in [0.2, 0.25) is 0 Å². The van der Waals surface area contributed by atoms with Crippen molar-refractivity contribution in [3.05, 3.63) is 0 Å². The summed E-state index contributed by atoms with van der Waals surface area (Å²) in [6.45, 7) is 1.29. The molecule has 16 heavy (non-hydrogen) atoms. The number of hydrogen-bond donors (Lipinski definition) is 2. The van der Waals surface area contributed by atoms with Crippen LogP contribution in [0, 0.1) is 5.41 Å². The van der Waals surface area contributed by atoms with Gasteiger partial charge in [-0.15, -0.1) is 0 Å². The summed E-state index contributed by atoms with van der Waals surface area (Å²) in [7, 11) is -2.04. The predicted molar refractivity (Wildman–Crippen MR) is 59.6 cm³/mol. The number of nitrogens with zero attached hydrogens (tertiary/aromatic N) is 1. The molecule has 0 aliphatic carbocycles. The molecule has 0 aromatic rings. The van der Waals surface area contributed by atoms with Gasteiger partial charge in [0.2, 0.25) is 0 Å². The van der Waals surface area contributed by atoms with Crippen molar-refractivity contribution >= 4 is 15.8 Å². The molecule has 1 aliphatic rings. The number of rotatable bonds is 5. The van der Waals surface area contributed by atoms with Crippen molar-refractivity contribution in [1.82, 2.24) is 5.32 Å². The average molecular weight is 251 g/mol. The minimum Gasteiger partial charge on any atom is -0.399 e. The first-order valence-electron chi connectivity index (χ1n) is 4.79. The van der Waals surface area contributed by atoms with Gasteiger partial charge in [-0.1, -0.05) is 5.16 Å². The van der Waals surface area contributed by atoms with Gasteiger partial charge in [0.15, 0.2) is 0 Å². The predicted octanol–water partition coefficient (Wildman–Crippen LogP) is -1.49. The van der Waals surface area contributed by atoms with Crippen LogP contribution in [-0.4, -0.2) is 53.7 Å². The van der Waals surface area contributed by atoms with Gasteiger partial charge in [-0.3, -0.25) is 4.18 Å². The zero-order valence-electron chi connectivity index (χ0n) is 9.39. The Morgan fingerprint density at radius 3 is 2.81 bits per heavy atom. The highest BCUT2D eigenvalue weighted by molar-refractivity contribution is 7.85. The second-order valence-corrected chi connectivity index (χ2v) is 5.42. The van der Waals surface area contributed by atoms with Gasteiger partial charge in [0.1, 0.15) is 7.11 Å². The van der Waals surface area contributed by atoms with E-state index in [4.69, 9.17) is 14.8 Å². The molecular weight excluding hydrogens is 234 g/mol. The molecule has 1 rings (SSSR count). The monoisotopic (exact) mass is 251 g/mol. The zero-order chi connectivity index (χ0) is 12.2. The van der Waals surface area contributed by atoms with Crippen LogP contribution in [0.15, 0.2) is 5.16 Å². The second kappa shape index (κ2) is 5.09. The van der Waals surface area contributed by atoms with E-state index in [2.05, 4.69) is 10.5 Å². The number of nitrogens with one attached hydrogen (secondary N) is 1. The zero-order valence-corrected chi connectivity index (χ0v) is 10.2. The molecule has 0 amide bonds. The van der Waals surface area contributed by atoms with E-state index in [1.165, 1.54) is 7.11 Å². The highest BCUT2D eigenvalue weighted by Gasteiger charge is 2.40. The van der Waals surface area contributed by atoms with Crippen LogP contribution >= 0.6 is 0 Å². The lowest BCUT2D eigenvalue weighted by Crippen LogP contribution is -2.43. The summed E-state index contributed by atoms with van der Waals surface area (Å²) in [5.41, 5.74) is 5.75. The molecular formula is C8H17N3O4S. The Hall–Kier alpha value is -0.700. The van der Waals surface area contributed by atoms with E-state index in [0.29, 0.717) is 18.8 Å². The third kappa shape index (κ3) is 3.14. The van der Waals surface area contributed by atoms with Crippen LogP contribution in [-0.2, 0) is 19.1 Å². The number of hydrogen-bond acceptors (Lipinski definition) is 7. The molecule has 1 fully saturated rings. The molecule has 7 nitrogen and oxygen atoms in total. The van der Waals surface area contributed by atoms with Gasteiger partial charge >= 0.3 is 0 Å². The lowest BCUT2D eigenvalue weighted by atomic mass is 9.87. The first kappa shape index (κ1) is 13.4. The normalized spacial score (nSPS) is 28.6. The quantitative estimate of drug-likeness (QED) is 0.456. The summed E-state index contributed by atoms with van der Waals surface area (Å²) in [5.74, 6) is 0. The molecule has 0 aromatic carbocycles. The Bertz CT molecular complexity index is 367. The summed E-state index contributed by atoms with van der Waals surface area (Å²) in [5, 5.41) is 6.92. The van der Waals surface area contributed by atoms with Crippen molar-refractivity contribution < 1.29 is 17.4 Å². The van der Waals surface area contributed by atoms with Crippen molar-refractivity contribution in [2.24, 2.45) is 16.3 Å². The molecule has 0 aromatic heterocycles. The fraction of sp³-hybridized carbons (Fsp3) is 0.875. The van der Waals surface area contributed by atoms with E-state index in [0.717, 1.165) is 6.26 Å². The molecule has 3 N–H and O–H groups in total.